The zero-order valence-electron chi connectivity index (χ0n) is 18.3. The molecule has 33 heavy (non-hydrogen) atoms. The van der Waals surface area contributed by atoms with E-state index in [4.69, 9.17) is 4.74 Å². The predicted octanol–water partition coefficient (Wildman–Crippen LogP) is 2.04. The van der Waals surface area contributed by atoms with E-state index in [9.17, 15) is 18.0 Å². The van der Waals surface area contributed by atoms with Gasteiger partial charge in [-0.15, -0.1) is 0 Å². The summed E-state index contributed by atoms with van der Waals surface area (Å²) < 4.78 is 33.1. The molecule has 0 saturated carbocycles. The molecule has 0 spiro atoms. The molecule has 2 aromatic carbocycles. The third-order valence-corrected chi connectivity index (χ3v) is 7.05. The molecule has 1 fully saturated rings. The Bertz CT molecular complexity index is 1300. The molecule has 10 heteroatoms. The minimum atomic E-state index is -3.69. The van der Waals surface area contributed by atoms with E-state index in [1.54, 1.807) is 24.3 Å². The third-order valence-electron chi connectivity index (χ3n) is 5.61. The molecule has 9 nitrogen and oxygen atoms in total. The van der Waals surface area contributed by atoms with Crippen molar-refractivity contribution in [3.63, 3.8) is 0 Å². The van der Waals surface area contributed by atoms with E-state index in [1.807, 2.05) is 6.92 Å². The van der Waals surface area contributed by atoms with Crippen molar-refractivity contribution in [3.05, 3.63) is 70.3 Å². The molecule has 1 aromatic heterocycles. The lowest BCUT2D eigenvalue weighted by Crippen LogP contribution is -2.32. The minimum absolute atomic E-state index is 0.0839. The standard InChI is InChI=1S/C23H26N4O5S/c1-2-27(15-21-25-20-8-4-3-7-19(20)22(28)26-21)23(29)16-9-11-18(12-10-16)33(30,31)24-14-17-6-5-13-32-17/h3-4,7-12,17,24H,2,5-6,13-15H2,1H3,(H,25,26,28)/t17-/m0/s1. The Hall–Kier alpha value is -3.08. The number of ether oxygens (including phenoxy) is 1. The minimum Gasteiger partial charge on any atom is -0.377 e. The van der Waals surface area contributed by atoms with Gasteiger partial charge in [-0.1, -0.05) is 12.1 Å². The number of nitrogens with one attached hydrogen (secondary N) is 2. The third kappa shape index (κ3) is 5.29. The summed E-state index contributed by atoms with van der Waals surface area (Å²) in [7, 11) is -3.69. The summed E-state index contributed by atoms with van der Waals surface area (Å²) in [6.45, 7) is 3.21. The highest BCUT2D eigenvalue weighted by atomic mass is 32.2. The zero-order chi connectivity index (χ0) is 23.4. The maximum Gasteiger partial charge on any atom is 0.258 e. The predicted molar refractivity (Wildman–Crippen MR) is 123 cm³/mol. The number of hydrogen-bond donors (Lipinski definition) is 2. The lowest BCUT2D eigenvalue weighted by Gasteiger charge is -2.20. The zero-order valence-corrected chi connectivity index (χ0v) is 19.1. The summed E-state index contributed by atoms with van der Waals surface area (Å²) >= 11 is 0. The maximum absolute atomic E-state index is 13.0. The smallest absolute Gasteiger partial charge is 0.258 e. The number of fused-ring (bicyclic) bond motifs is 1. The lowest BCUT2D eigenvalue weighted by atomic mass is 10.2. The second-order valence-electron chi connectivity index (χ2n) is 7.86. The number of nitrogens with zero attached hydrogens (tertiary/aromatic N) is 2. The van der Waals surface area contributed by atoms with E-state index in [0.29, 0.717) is 35.4 Å². The molecule has 2 N–H and O–H groups in total. The summed E-state index contributed by atoms with van der Waals surface area (Å²) in [5, 5.41) is 0.487. The first kappa shape index (κ1) is 23.1. The van der Waals surface area contributed by atoms with Gasteiger partial charge in [0.05, 0.1) is 28.4 Å². The average Bonchev–Trinajstić information content (AvgIpc) is 3.35. The van der Waals surface area contributed by atoms with Crippen LogP contribution in [0.2, 0.25) is 0 Å². The quantitative estimate of drug-likeness (QED) is 0.520. The van der Waals surface area contributed by atoms with Gasteiger partial charge in [0.1, 0.15) is 5.82 Å². The topological polar surface area (TPSA) is 121 Å². The summed E-state index contributed by atoms with van der Waals surface area (Å²) in [6, 6.07) is 12.8. The Morgan fingerprint density at radius 3 is 2.67 bits per heavy atom. The number of H-pyrrole nitrogens is 1. The highest BCUT2D eigenvalue weighted by molar-refractivity contribution is 7.89. The molecule has 2 heterocycles. The molecule has 0 aliphatic carbocycles. The first-order valence-electron chi connectivity index (χ1n) is 10.9. The Morgan fingerprint density at radius 2 is 1.97 bits per heavy atom. The van der Waals surface area contributed by atoms with Crippen LogP contribution >= 0.6 is 0 Å². The fourth-order valence-electron chi connectivity index (χ4n) is 3.77. The van der Waals surface area contributed by atoms with Crippen molar-refractivity contribution in [2.45, 2.75) is 37.3 Å². The lowest BCUT2D eigenvalue weighted by molar-refractivity contribution is 0.0748. The number of rotatable bonds is 8. The Morgan fingerprint density at radius 1 is 1.21 bits per heavy atom. The van der Waals surface area contributed by atoms with Gasteiger partial charge in [-0.05, 0) is 56.2 Å². The molecule has 3 aromatic rings. The molecule has 0 radical (unpaired) electrons. The van der Waals surface area contributed by atoms with Gasteiger partial charge in [-0.3, -0.25) is 9.59 Å². The van der Waals surface area contributed by atoms with Gasteiger partial charge in [0.25, 0.3) is 11.5 Å². The monoisotopic (exact) mass is 470 g/mol. The number of para-hydroxylation sites is 1. The largest absolute Gasteiger partial charge is 0.377 e. The van der Waals surface area contributed by atoms with Gasteiger partial charge in [0, 0.05) is 25.3 Å². The van der Waals surface area contributed by atoms with Gasteiger partial charge >= 0.3 is 0 Å². The maximum atomic E-state index is 13.0. The van der Waals surface area contributed by atoms with Crippen LogP contribution in [0.1, 0.15) is 35.9 Å². The molecule has 1 aliphatic heterocycles. The highest BCUT2D eigenvalue weighted by Crippen LogP contribution is 2.16. The molecule has 1 amide bonds. The van der Waals surface area contributed by atoms with Gasteiger partial charge in [0.15, 0.2) is 0 Å². The second kappa shape index (κ2) is 9.82. The number of aromatic amines is 1. The number of benzene rings is 2. The van der Waals surface area contributed by atoms with Crippen LogP contribution < -0.4 is 10.3 Å². The van der Waals surface area contributed by atoms with Crippen LogP contribution in [-0.2, 0) is 21.3 Å². The summed E-state index contributed by atoms with van der Waals surface area (Å²) in [6.07, 6.45) is 1.66. The van der Waals surface area contributed by atoms with Crippen LogP contribution in [0.4, 0.5) is 0 Å². The number of carbonyl (C=O) groups excluding carboxylic acids is 1. The molecule has 1 saturated heterocycles. The van der Waals surface area contributed by atoms with Gasteiger partial charge in [0.2, 0.25) is 10.0 Å². The summed E-state index contributed by atoms with van der Waals surface area (Å²) in [4.78, 5) is 34.1. The number of carbonyl (C=O) groups is 1. The Labute approximate surface area is 191 Å². The number of amides is 1. The van der Waals surface area contributed by atoms with E-state index in [-0.39, 0.29) is 35.6 Å². The fraction of sp³-hybridized carbons (Fsp3) is 0.348. The van der Waals surface area contributed by atoms with Crippen LogP contribution in [0.15, 0.2) is 58.2 Å². The van der Waals surface area contributed by atoms with Gasteiger partial charge in [-0.25, -0.2) is 18.1 Å². The van der Waals surface area contributed by atoms with Gasteiger partial charge < -0.3 is 14.6 Å². The molecular formula is C23H26N4O5S. The second-order valence-corrected chi connectivity index (χ2v) is 9.63. The summed E-state index contributed by atoms with van der Waals surface area (Å²) in [5.74, 6) is 0.0935. The van der Waals surface area contributed by atoms with Crippen molar-refractivity contribution in [3.8, 4) is 0 Å². The fourth-order valence-corrected chi connectivity index (χ4v) is 4.83. The van der Waals surface area contributed by atoms with E-state index >= 15 is 0 Å². The Kier molecular flexibility index (Phi) is 6.87. The van der Waals surface area contributed by atoms with Crippen molar-refractivity contribution in [2.24, 2.45) is 0 Å². The first-order chi connectivity index (χ1) is 15.9. The normalized spacial score (nSPS) is 16.2. The van der Waals surface area contributed by atoms with Crippen LogP contribution in [0.25, 0.3) is 10.9 Å². The number of hydrogen-bond acceptors (Lipinski definition) is 6. The SMILES string of the molecule is CCN(Cc1nc2ccccc2c(=O)[nH]1)C(=O)c1ccc(S(=O)(=O)NC[C@@H]2CCCO2)cc1. The molecule has 4 rings (SSSR count). The van der Waals surface area contributed by atoms with Crippen LogP contribution in [0.3, 0.4) is 0 Å². The number of aromatic nitrogens is 2. The van der Waals surface area contributed by atoms with E-state index in [1.165, 1.54) is 29.2 Å². The average molecular weight is 471 g/mol. The highest BCUT2D eigenvalue weighted by Gasteiger charge is 2.21. The first-order valence-corrected chi connectivity index (χ1v) is 12.3. The molecule has 1 atom stereocenters. The van der Waals surface area contributed by atoms with Crippen molar-refractivity contribution >= 4 is 26.8 Å². The van der Waals surface area contributed by atoms with Crippen LogP contribution in [0, 0.1) is 0 Å². The van der Waals surface area contributed by atoms with Crippen molar-refractivity contribution in [2.75, 3.05) is 19.7 Å². The Balaban J connectivity index is 1.46. The molecule has 1 aliphatic rings. The molecule has 0 unspecified atom stereocenters. The van der Waals surface area contributed by atoms with E-state index < -0.39 is 10.0 Å². The van der Waals surface area contributed by atoms with Crippen molar-refractivity contribution in [1.29, 1.82) is 0 Å². The molecular weight excluding hydrogens is 444 g/mol. The van der Waals surface area contributed by atoms with E-state index in [2.05, 4.69) is 14.7 Å². The number of sulfonamides is 1. The van der Waals surface area contributed by atoms with E-state index in [0.717, 1.165) is 12.8 Å². The summed E-state index contributed by atoms with van der Waals surface area (Å²) in [5.41, 5.74) is 0.645. The molecule has 0 bridgehead atoms. The van der Waals surface area contributed by atoms with Crippen LogP contribution in [-0.4, -0.2) is 55.0 Å². The van der Waals surface area contributed by atoms with Crippen molar-refractivity contribution in [1.82, 2.24) is 19.6 Å². The van der Waals surface area contributed by atoms with Crippen molar-refractivity contribution < 1.29 is 17.9 Å². The van der Waals surface area contributed by atoms with Crippen LogP contribution in [0.5, 0.6) is 0 Å². The molecule has 174 valence electrons. The van der Waals surface area contributed by atoms with Gasteiger partial charge in [-0.2, -0.15) is 0 Å².